The van der Waals surface area contributed by atoms with Crippen molar-refractivity contribution in [3.05, 3.63) is 52.8 Å². The number of carboxylic acids is 1. The Hall–Kier alpha value is -3.11. The molecule has 8 nitrogen and oxygen atoms in total. The number of amides is 2. The van der Waals surface area contributed by atoms with Crippen LogP contribution in [0, 0.1) is 0 Å². The lowest BCUT2D eigenvalue weighted by Gasteiger charge is -2.15. The lowest BCUT2D eigenvalue weighted by Crippen LogP contribution is -2.36. The third kappa shape index (κ3) is 4.18. The second kappa shape index (κ2) is 7.64. The van der Waals surface area contributed by atoms with Crippen LogP contribution in [0.4, 0.5) is 5.69 Å². The Morgan fingerprint density at radius 1 is 1.37 bits per heavy atom. The van der Waals surface area contributed by atoms with E-state index in [0.717, 1.165) is 28.8 Å². The molecule has 27 heavy (non-hydrogen) atoms. The van der Waals surface area contributed by atoms with Gasteiger partial charge in [0.1, 0.15) is 16.6 Å². The van der Waals surface area contributed by atoms with Gasteiger partial charge >= 0.3 is 5.97 Å². The van der Waals surface area contributed by atoms with Gasteiger partial charge in [0.2, 0.25) is 5.91 Å². The first-order valence-electron chi connectivity index (χ1n) is 7.48. The van der Waals surface area contributed by atoms with Gasteiger partial charge < -0.3 is 19.9 Å². The minimum Gasteiger partial charge on any atom is -0.872 e. The van der Waals surface area contributed by atoms with Gasteiger partial charge in [-0.3, -0.25) is 14.5 Å². The molecule has 0 atom stereocenters. The zero-order valence-electron chi connectivity index (χ0n) is 13.5. The van der Waals surface area contributed by atoms with E-state index in [-0.39, 0.29) is 16.6 Å². The summed E-state index contributed by atoms with van der Waals surface area (Å²) in [6.07, 6.45) is 3.00. The number of nitrogens with zero attached hydrogens (tertiary/aromatic N) is 1. The van der Waals surface area contributed by atoms with Crippen molar-refractivity contribution in [3.63, 3.8) is 0 Å². The molecule has 1 aromatic carbocycles. The number of thiocarbonyl (C=S) groups is 1. The molecule has 138 valence electrons. The van der Waals surface area contributed by atoms with Crippen molar-refractivity contribution in [1.82, 2.24) is 4.90 Å². The van der Waals surface area contributed by atoms with Gasteiger partial charge in [0.25, 0.3) is 5.91 Å². The summed E-state index contributed by atoms with van der Waals surface area (Å²) >= 11 is 6.19. The monoisotopic (exact) mass is 403 g/mol. The van der Waals surface area contributed by atoms with Crippen LogP contribution in [0.2, 0.25) is 0 Å². The molecule has 1 saturated heterocycles. The van der Waals surface area contributed by atoms with Gasteiger partial charge in [-0.05, 0) is 24.3 Å². The number of furan rings is 1. The summed E-state index contributed by atoms with van der Waals surface area (Å²) in [7, 11) is 0. The van der Waals surface area contributed by atoms with E-state index in [4.69, 9.17) is 21.7 Å². The number of carboxylic acid groups (broad SMARTS) is 1. The van der Waals surface area contributed by atoms with Crippen molar-refractivity contribution in [2.24, 2.45) is 0 Å². The fourth-order valence-electron chi connectivity index (χ4n) is 2.26. The van der Waals surface area contributed by atoms with Crippen LogP contribution in [0.5, 0.6) is 5.75 Å². The minimum absolute atomic E-state index is 0.133. The molecule has 0 radical (unpaired) electrons. The highest BCUT2D eigenvalue weighted by Gasteiger charge is 2.33. The first-order chi connectivity index (χ1) is 12.8. The average Bonchev–Trinajstić information content (AvgIpc) is 3.21. The SMILES string of the molecule is O=C(CN1C(=O)/C(=C/c2ccco2)SC1=S)Nc1ccc([O-])c(C(=O)O)c1. The van der Waals surface area contributed by atoms with Crippen LogP contribution < -0.4 is 10.4 Å². The molecular weight excluding hydrogens is 392 g/mol. The molecule has 3 rings (SSSR count). The zero-order chi connectivity index (χ0) is 19.6. The van der Waals surface area contributed by atoms with E-state index < -0.39 is 29.1 Å². The number of hydrogen-bond acceptors (Lipinski definition) is 7. The Kier molecular flexibility index (Phi) is 5.28. The van der Waals surface area contributed by atoms with Crippen LogP contribution in [0.15, 0.2) is 45.9 Å². The van der Waals surface area contributed by atoms with Crippen molar-refractivity contribution in [1.29, 1.82) is 0 Å². The zero-order valence-corrected chi connectivity index (χ0v) is 15.1. The van der Waals surface area contributed by atoms with E-state index in [2.05, 4.69) is 5.32 Å². The number of nitrogens with one attached hydrogen (secondary N) is 1. The second-order valence-corrected chi connectivity index (χ2v) is 7.02. The van der Waals surface area contributed by atoms with E-state index >= 15 is 0 Å². The molecule has 0 spiro atoms. The van der Waals surface area contributed by atoms with Crippen LogP contribution >= 0.6 is 24.0 Å². The first-order valence-corrected chi connectivity index (χ1v) is 8.70. The first kappa shape index (κ1) is 18.7. The average molecular weight is 403 g/mol. The predicted octanol–water partition coefficient (Wildman–Crippen LogP) is 1.89. The van der Waals surface area contributed by atoms with Crippen LogP contribution in [0.25, 0.3) is 6.08 Å². The Morgan fingerprint density at radius 3 is 2.81 bits per heavy atom. The standard InChI is InChI=1S/C17H12N2O6S2/c20-12-4-3-9(6-11(12)16(23)24)18-14(21)8-19-15(22)13(27-17(19)26)7-10-2-1-5-25-10/h1-7,20H,8H2,(H,18,21)(H,23,24)/p-1/b13-7-. The summed E-state index contributed by atoms with van der Waals surface area (Å²) in [4.78, 5) is 37.1. The fraction of sp³-hybridized carbons (Fsp3) is 0.0588. The van der Waals surface area contributed by atoms with Crippen LogP contribution in [-0.2, 0) is 9.59 Å². The number of rotatable bonds is 5. The van der Waals surface area contributed by atoms with E-state index in [1.807, 2.05) is 0 Å². The number of benzene rings is 1. The van der Waals surface area contributed by atoms with E-state index in [9.17, 15) is 19.5 Å². The van der Waals surface area contributed by atoms with Crippen LogP contribution in [0.3, 0.4) is 0 Å². The molecule has 1 fully saturated rings. The van der Waals surface area contributed by atoms with Gasteiger partial charge in [-0.2, -0.15) is 0 Å². The quantitative estimate of drug-likeness (QED) is 0.573. The van der Waals surface area contributed by atoms with Crippen LogP contribution in [-0.4, -0.2) is 38.7 Å². The smallest absolute Gasteiger partial charge is 0.335 e. The molecule has 1 aromatic heterocycles. The van der Waals surface area contributed by atoms with Gasteiger partial charge in [-0.15, -0.1) is 0 Å². The molecule has 2 amide bonds. The Balaban J connectivity index is 1.69. The summed E-state index contributed by atoms with van der Waals surface area (Å²) < 4.78 is 5.37. The minimum atomic E-state index is -1.39. The predicted molar refractivity (Wildman–Crippen MR) is 100 cm³/mol. The number of aromatic carboxylic acids is 1. The summed E-state index contributed by atoms with van der Waals surface area (Å²) in [6.45, 7) is -0.346. The number of carbonyl (C=O) groups is 3. The largest absolute Gasteiger partial charge is 0.872 e. The van der Waals surface area contributed by atoms with Crippen molar-refractivity contribution in [2.45, 2.75) is 0 Å². The van der Waals surface area contributed by atoms with Gasteiger partial charge in [0.05, 0.1) is 16.7 Å². The number of hydrogen-bond donors (Lipinski definition) is 2. The third-order valence-corrected chi connectivity index (χ3v) is 4.86. The fourth-order valence-corrected chi connectivity index (χ4v) is 3.49. The second-order valence-electron chi connectivity index (χ2n) is 5.35. The molecule has 2 N–H and O–H groups in total. The molecule has 10 heteroatoms. The molecular formula is C17H11N2O6S2-. The summed E-state index contributed by atoms with van der Waals surface area (Å²) in [5.41, 5.74) is -0.326. The molecule has 0 aliphatic carbocycles. The van der Waals surface area contributed by atoms with Crippen molar-refractivity contribution in [2.75, 3.05) is 11.9 Å². The number of anilines is 1. The highest BCUT2D eigenvalue weighted by atomic mass is 32.2. The molecule has 0 unspecified atom stereocenters. The van der Waals surface area contributed by atoms with Crippen LogP contribution in [0.1, 0.15) is 16.1 Å². The Morgan fingerprint density at radius 2 is 2.15 bits per heavy atom. The molecule has 1 aliphatic heterocycles. The van der Waals surface area contributed by atoms with Crippen molar-refractivity contribution >= 4 is 57.8 Å². The molecule has 0 saturated carbocycles. The molecule has 2 heterocycles. The maximum absolute atomic E-state index is 12.4. The molecule has 1 aliphatic rings. The summed E-state index contributed by atoms with van der Waals surface area (Å²) in [5, 5.41) is 22.9. The number of carbonyl (C=O) groups excluding carboxylic acids is 2. The van der Waals surface area contributed by atoms with Gasteiger partial charge in [0, 0.05) is 11.8 Å². The van der Waals surface area contributed by atoms with Crippen molar-refractivity contribution in [3.8, 4) is 5.75 Å². The summed E-state index contributed by atoms with van der Waals surface area (Å²) in [5.74, 6) is -2.59. The molecule has 0 bridgehead atoms. The normalized spacial score (nSPS) is 15.4. The van der Waals surface area contributed by atoms with E-state index in [1.54, 1.807) is 12.1 Å². The Bertz CT molecular complexity index is 968. The van der Waals surface area contributed by atoms with Gasteiger partial charge in [-0.25, -0.2) is 4.79 Å². The lowest BCUT2D eigenvalue weighted by atomic mass is 10.2. The van der Waals surface area contributed by atoms with Crippen molar-refractivity contribution < 1.29 is 29.0 Å². The summed E-state index contributed by atoms with van der Waals surface area (Å²) in [6, 6.07) is 6.75. The Labute approximate surface area is 162 Å². The topological polar surface area (TPSA) is 123 Å². The maximum Gasteiger partial charge on any atom is 0.335 e. The van der Waals surface area contributed by atoms with Gasteiger partial charge in [-0.1, -0.05) is 35.8 Å². The van der Waals surface area contributed by atoms with E-state index in [0.29, 0.717) is 10.7 Å². The lowest BCUT2D eigenvalue weighted by molar-refractivity contribution is -0.268. The highest BCUT2D eigenvalue weighted by molar-refractivity contribution is 8.26. The number of thioether (sulfide) groups is 1. The third-order valence-electron chi connectivity index (χ3n) is 3.49. The highest BCUT2D eigenvalue weighted by Crippen LogP contribution is 2.32. The molecule has 2 aromatic rings. The van der Waals surface area contributed by atoms with E-state index in [1.165, 1.54) is 18.4 Å². The van der Waals surface area contributed by atoms with Gasteiger partial charge in [0.15, 0.2) is 0 Å². The maximum atomic E-state index is 12.4.